The molecule has 0 N–H and O–H groups in total. The summed E-state index contributed by atoms with van der Waals surface area (Å²) in [7, 11) is -1.10. The van der Waals surface area contributed by atoms with Crippen molar-refractivity contribution in [3.8, 4) is 11.5 Å². The summed E-state index contributed by atoms with van der Waals surface area (Å²) >= 11 is 0. The number of hydrogen-bond donors (Lipinski definition) is 0. The van der Waals surface area contributed by atoms with Crippen LogP contribution in [-0.2, 0) is 19.6 Å². The van der Waals surface area contributed by atoms with Gasteiger partial charge >= 0.3 is 5.97 Å². The number of esters is 1. The number of para-hydroxylation sites is 2. The average molecular weight is 379 g/mol. The maximum atomic E-state index is 13.2. The molecule has 2 aromatic rings. The third-order valence-corrected chi connectivity index (χ3v) is 5.35. The van der Waals surface area contributed by atoms with Crippen LogP contribution in [0, 0.1) is 0 Å². The van der Waals surface area contributed by atoms with Crippen molar-refractivity contribution in [2.75, 3.05) is 31.7 Å². The molecule has 2 rings (SSSR count). The van der Waals surface area contributed by atoms with Gasteiger partial charge in [0.1, 0.15) is 18.0 Å². The number of carbonyl (C=O) groups is 1. The van der Waals surface area contributed by atoms with E-state index in [9.17, 15) is 13.2 Å². The number of anilines is 1. The van der Waals surface area contributed by atoms with Gasteiger partial charge < -0.3 is 14.2 Å². The molecule has 0 unspecified atom stereocenters. The SMILES string of the molecule is CCOC(=O)CN(c1ccccc1OC)S(=O)(=O)c1ccc(OC)cc1. The number of hydrogen-bond acceptors (Lipinski definition) is 6. The number of benzene rings is 2. The van der Waals surface area contributed by atoms with Gasteiger partial charge in [0.25, 0.3) is 10.0 Å². The van der Waals surface area contributed by atoms with Gasteiger partial charge in [0.15, 0.2) is 0 Å². The monoisotopic (exact) mass is 379 g/mol. The number of carbonyl (C=O) groups excluding carboxylic acids is 1. The summed E-state index contributed by atoms with van der Waals surface area (Å²) in [6.45, 7) is 1.34. The third kappa shape index (κ3) is 4.26. The van der Waals surface area contributed by atoms with E-state index in [4.69, 9.17) is 14.2 Å². The molecule has 2 aromatic carbocycles. The van der Waals surface area contributed by atoms with E-state index < -0.39 is 22.5 Å². The van der Waals surface area contributed by atoms with Crippen LogP contribution < -0.4 is 13.8 Å². The fraction of sp³-hybridized carbons (Fsp3) is 0.278. The van der Waals surface area contributed by atoms with Crippen LogP contribution in [0.3, 0.4) is 0 Å². The summed E-state index contributed by atoms with van der Waals surface area (Å²) in [6, 6.07) is 12.5. The molecule has 0 heterocycles. The lowest BCUT2D eigenvalue weighted by Crippen LogP contribution is -2.36. The van der Waals surface area contributed by atoms with E-state index in [-0.39, 0.29) is 17.2 Å². The third-order valence-electron chi connectivity index (χ3n) is 3.58. The van der Waals surface area contributed by atoms with E-state index in [1.165, 1.54) is 38.5 Å². The minimum atomic E-state index is -4.03. The van der Waals surface area contributed by atoms with Gasteiger partial charge in [-0.25, -0.2) is 8.42 Å². The zero-order valence-corrected chi connectivity index (χ0v) is 15.7. The second-order valence-corrected chi connectivity index (χ2v) is 7.03. The molecule has 0 atom stereocenters. The zero-order valence-electron chi connectivity index (χ0n) is 14.8. The van der Waals surface area contributed by atoms with Gasteiger partial charge in [0.2, 0.25) is 0 Å². The standard InChI is InChI=1S/C18H21NO6S/c1-4-25-18(20)13-19(16-7-5-6-8-17(16)24-3)26(21,22)15-11-9-14(23-2)10-12-15/h5-12H,4,13H2,1-3H3. The maximum Gasteiger partial charge on any atom is 0.326 e. The first kappa shape index (κ1) is 19.6. The Bertz CT molecular complexity index is 848. The van der Waals surface area contributed by atoms with E-state index in [2.05, 4.69) is 0 Å². The summed E-state index contributed by atoms with van der Waals surface area (Å²) in [5.41, 5.74) is 0.249. The maximum absolute atomic E-state index is 13.2. The van der Waals surface area contributed by atoms with Crippen LogP contribution in [0.25, 0.3) is 0 Å². The minimum Gasteiger partial charge on any atom is -0.497 e. The molecule has 26 heavy (non-hydrogen) atoms. The molecule has 0 aliphatic carbocycles. The molecule has 8 heteroatoms. The Kier molecular flexibility index (Phi) is 6.46. The number of ether oxygens (including phenoxy) is 3. The molecule has 0 amide bonds. The molecule has 0 aliphatic heterocycles. The lowest BCUT2D eigenvalue weighted by molar-refractivity contribution is -0.141. The summed E-state index contributed by atoms with van der Waals surface area (Å²) in [6.07, 6.45) is 0. The van der Waals surface area contributed by atoms with E-state index in [0.717, 1.165) is 4.31 Å². The van der Waals surface area contributed by atoms with Gasteiger partial charge in [-0.3, -0.25) is 9.10 Å². The van der Waals surface area contributed by atoms with Gasteiger partial charge in [-0.15, -0.1) is 0 Å². The molecule has 140 valence electrons. The van der Waals surface area contributed by atoms with Crippen molar-refractivity contribution in [1.82, 2.24) is 0 Å². The Hall–Kier alpha value is -2.74. The summed E-state index contributed by atoms with van der Waals surface area (Å²) in [5, 5.41) is 0. The molecular weight excluding hydrogens is 358 g/mol. The molecule has 0 saturated heterocycles. The van der Waals surface area contributed by atoms with Crippen molar-refractivity contribution >= 4 is 21.7 Å². The fourth-order valence-electron chi connectivity index (χ4n) is 2.33. The van der Waals surface area contributed by atoms with Gasteiger partial charge in [-0.1, -0.05) is 12.1 Å². The molecule has 0 bridgehead atoms. The molecule has 0 spiro atoms. The molecule has 0 aromatic heterocycles. The lowest BCUT2D eigenvalue weighted by Gasteiger charge is -2.25. The molecule has 0 aliphatic rings. The fourth-order valence-corrected chi connectivity index (χ4v) is 3.75. The van der Waals surface area contributed by atoms with Gasteiger partial charge in [-0.2, -0.15) is 0 Å². The first-order valence-corrected chi connectivity index (χ1v) is 9.33. The van der Waals surface area contributed by atoms with Crippen molar-refractivity contribution < 1.29 is 27.4 Å². The predicted octanol–water partition coefficient (Wildman–Crippen LogP) is 2.46. The number of rotatable bonds is 8. The van der Waals surface area contributed by atoms with Crippen molar-refractivity contribution in [2.24, 2.45) is 0 Å². The largest absolute Gasteiger partial charge is 0.497 e. The number of nitrogens with zero attached hydrogens (tertiary/aromatic N) is 1. The van der Waals surface area contributed by atoms with Crippen molar-refractivity contribution in [3.63, 3.8) is 0 Å². The molecule has 7 nitrogen and oxygen atoms in total. The Morgan fingerprint density at radius 1 is 1.00 bits per heavy atom. The first-order valence-electron chi connectivity index (χ1n) is 7.89. The van der Waals surface area contributed by atoms with E-state index in [0.29, 0.717) is 11.5 Å². The van der Waals surface area contributed by atoms with Crippen LogP contribution in [0.1, 0.15) is 6.92 Å². The molecular formula is C18H21NO6S. The Morgan fingerprint density at radius 2 is 1.65 bits per heavy atom. The normalized spacial score (nSPS) is 10.9. The van der Waals surface area contributed by atoms with Crippen LogP contribution in [0.4, 0.5) is 5.69 Å². The highest BCUT2D eigenvalue weighted by Crippen LogP contribution is 2.32. The number of methoxy groups -OCH3 is 2. The minimum absolute atomic E-state index is 0.0218. The van der Waals surface area contributed by atoms with Crippen molar-refractivity contribution in [3.05, 3.63) is 48.5 Å². The Morgan fingerprint density at radius 3 is 2.23 bits per heavy atom. The molecule has 0 saturated carbocycles. The Balaban J connectivity index is 2.52. The predicted molar refractivity (Wildman–Crippen MR) is 97.2 cm³/mol. The smallest absolute Gasteiger partial charge is 0.326 e. The van der Waals surface area contributed by atoms with Crippen LogP contribution in [0.5, 0.6) is 11.5 Å². The summed E-state index contributed by atoms with van der Waals surface area (Å²) in [5.74, 6) is 0.197. The van der Waals surface area contributed by atoms with Crippen molar-refractivity contribution in [1.29, 1.82) is 0 Å². The van der Waals surface area contributed by atoms with Crippen LogP contribution >= 0.6 is 0 Å². The quantitative estimate of drug-likeness (QED) is 0.656. The highest BCUT2D eigenvalue weighted by Gasteiger charge is 2.29. The van der Waals surface area contributed by atoms with Crippen molar-refractivity contribution in [2.45, 2.75) is 11.8 Å². The summed E-state index contributed by atoms with van der Waals surface area (Å²) in [4.78, 5) is 12.0. The highest BCUT2D eigenvalue weighted by atomic mass is 32.2. The van der Waals surface area contributed by atoms with Crippen LogP contribution in [-0.4, -0.2) is 41.8 Å². The lowest BCUT2D eigenvalue weighted by atomic mass is 10.3. The zero-order chi connectivity index (χ0) is 19.2. The van der Waals surface area contributed by atoms with Gasteiger partial charge in [0.05, 0.1) is 31.4 Å². The average Bonchev–Trinajstić information content (AvgIpc) is 2.66. The highest BCUT2D eigenvalue weighted by molar-refractivity contribution is 7.92. The van der Waals surface area contributed by atoms with Gasteiger partial charge in [-0.05, 0) is 43.3 Å². The Labute approximate surface area is 153 Å². The summed E-state index contributed by atoms with van der Waals surface area (Å²) < 4.78 is 42.5. The topological polar surface area (TPSA) is 82.1 Å². The second-order valence-electron chi connectivity index (χ2n) is 5.16. The van der Waals surface area contributed by atoms with Crippen LogP contribution in [0.2, 0.25) is 0 Å². The molecule has 0 radical (unpaired) electrons. The second kappa shape index (κ2) is 8.57. The van der Waals surface area contributed by atoms with E-state index >= 15 is 0 Å². The first-order chi connectivity index (χ1) is 12.4. The van der Waals surface area contributed by atoms with Crippen LogP contribution in [0.15, 0.2) is 53.4 Å². The van der Waals surface area contributed by atoms with E-state index in [1.807, 2.05) is 0 Å². The number of sulfonamides is 1. The van der Waals surface area contributed by atoms with E-state index in [1.54, 1.807) is 31.2 Å². The molecule has 0 fully saturated rings. The van der Waals surface area contributed by atoms with Gasteiger partial charge in [0, 0.05) is 0 Å².